The molecule has 0 atom stereocenters. The van der Waals surface area contributed by atoms with Crippen molar-refractivity contribution in [3.63, 3.8) is 0 Å². The largest absolute Gasteiger partial charge is 0.365 e. The van der Waals surface area contributed by atoms with Crippen LogP contribution in [0.3, 0.4) is 0 Å². The van der Waals surface area contributed by atoms with Crippen LogP contribution in [0.1, 0.15) is 27.3 Å². The van der Waals surface area contributed by atoms with Gasteiger partial charge in [0.25, 0.3) is 5.91 Å². The molecule has 2 aromatic heterocycles. The van der Waals surface area contributed by atoms with Gasteiger partial charge in [0.15, 0.2) is 0 Å². The molecule has 0 bridgehead atoms. The zero-order chi connectivity index (χ0) is 17.0. The average molecular weight is 324 g/mol. The predicted molar refractivity (Wildman–Crippen MR) is 91.6 cm³/mol. The molecule has 24 heavy (non-hydrogen) atoms. The van der Waals surface area contributed by atoms with Crippen LogP contribution in [0.15, 0.2) is 12.1 Å². The topological polar surface area (TPSA) is 90.8 Å². The van der Waals surface area contributed by atoms with E-state index in [1.807, 2.05) is 23.3 Å². The number of hydrogen-bond donors (Lipinski definition) is 2. The highest BCUT2D eigenvalue weighted by Crippen LogP contribution is 2.32. The van der Waals surface area contributed by atoms with E-state index in [0.29, 0.717) is 17.8 Å². The number of amides is 1. The summed E-state index contributed by atoms with van der Waals surface area (Å²) in [7, 11) is 1.94. The molecule has 0 aliphatic carbocycles. The lowest BCUT2D eigenvalue weighted by Gasteiger charge is -2.15. The van der Waals surface area contributed by atoms with E-state index in [1.165, 1.54) is 0 Å². The van der Waals surface area contributed by atoms with Gasteiger partial charge in [-0.1, -0.05) is 0 Å². The summed E-state index contributed by atoms with van der Waals surface area (Å²) < 4.78 is 3.78. The lowest BCUT2D eigenvalue weighted by molar-refractivity contribution is 0.0999. The molecule has 0 unspecified atom stereocenters. The fourth-order valence-corrected chi connectivity index (χ4v) is 3.66. The highest BCUT2D eigenvalue weighted by atomic mass is 16.1. The van der Waals surface area contributed by atoms with Gasteiger partial charge in [-0.25, -0.2) is 0 Å². The second kappa shape index (κ2) is 5.17. The van der Waals surface area contributed by atoms with Crippen LogP contribution in [0.4, 0.5) is 0 Å². The zero-order valence-electron chi connectivity index (χ0n) is 14.1. The summed E-state index contributed by atoms with van der Waals surface area (Å²) in [6.45, 7) is 6.23. The van der Waals surface area contributed by atoms with Gasteiger partial charge in [-0.15, -0.1) is 0 Å². The van der Waals surface area contributed by atoms with Crippen LogP contribution in [0.25, 0.3) is 22.2 Å². The molecule has 7 heteroatoms. The SMILES string of the molecule is Cc1nn(C)c2c(C)cc(-c3nn4c(c3C(N)=O)CNCC4)cc12. The molecule has 0 radical (unpaired) electrons. The number of fused-ring (bicyclic) bond motifs is 2. The lowest BCUT2D eigenvalue weighted by atomic mass is 10.00. The van der Waals surface area contributed by atoms with Gasteiger partial charge >= 0.3 is 0 Å². The molecule has 0 saturated heterocycles. The van der Waals surface area contributed by atoms with Gasteiger partial charge in [0.1, 0.15) is 5.69 Å². The van der Waals surface area contributed by atoms with Gasteiger partial charge in [-0.2, -0.15) is 10.2 Å². The van der Waals surface area contributed by atoms with Crippen molar-refractivity contribution < 1.29 is 4.79 Å². The van der Waals surface area contributed by atoms with E-state index < -0.39 is 5.91 Å². The first-order valence-corrected chi connectivity index (χ1v) is 8.02. The maximum Gasteiger partial charge on any atom is 0.252 e. The lowest BCUT2D eigenvalue weighted by Crippen LogP contribution is -2.30. The van der Waals surface area contributed by atoms with Gasteiger partial charge in [0, 0.05) is 31.1 Å². The smallest absolute Gasteiger partial charge is 0.252 e. The Morgan fingerprint density at radius 1 is 1.29 bits per heavy atom. The molecule has 1 aromatic carbocycles. The molecule has 0 saturated carbocycles. The molecular formula is C17H20N6O. The molecule has 4 rings (SSSR count). The van der Waals surface area contributed by atoms with Crippen LogP contribution < -0.4 is 11.1 Å². The van der Waals surface area contributed by atoms with E-state index >= 15 is 0 Å². The normalized spacial score (nSPS) is 14.1. The van der Waals surface area contributed by atoms with E-state index in [0.717, 1.165) is 46.5 Å². The summed E-state index contributed by atoms with van der Waals surface area (Å²) in [5.74, 6) is -0.435. The van der Waals surface area contributed by atoms with Crippen LogP contribution in [0, 0.1) is 13.8 Å². The molecule has 1 aliphatic rings. The Bertz CT molecular complexity index is 981. The number of nitrogens with two attached hydrogens (primary N) is 1. The minimum atomic E-state index is -0.435. The van der Waals surface area contributed by atoms with Crippen molar-refractivity contribution in [3.8, 4) is 11.3 Å². The first kappa shape index (κ1) is 14.9. The number of aryl methyl sites for hydroxylation is 3. The number of carbonyl (C=O) groups is 1. The third kappa shape index (κ3) is 2.05. The van der Waals surface area contributed by atoms with Crippen LogP contribution in [-0.4, -0.2) is 32.0 Å². The Morgan fingerprint density at radius 3 is 2.83 bits per heavy atom. The van der Waals surface area contributed by atoms with Crippen molar-refractivity contribution in [1.82, 2.24) is 24.9 Å². The zero-order valence-corrected chi connectivity index (χ0v) is 14.1. The second-order valence-corrected chi connectivity index (χ2v) is 6.33. The molecule has 1 aliphatic heterocycles. The van der Waals surface area contributed by atoms with E-state index in [2.05, 4.69) is 34.6 Å². The second-order valence-electron chi connectivity index (χ2n) is 6.33. The third-order valence-corrected chi connectivity index (χ3v) is 4.68. The van der Waals surface area contributed by atoms with Crippen molar-refractivity contribution in [2.24, 2.45) is 12.8 Å². The standard InChI is InChI=1S/C17H20N6O/c1-9-6-11(7-12-10(2)20-22(3)16(9)12)15-14(17(18)24)13-8-19-4-5-23(13)21-15/h6-7,19H,4-5,8H2,1-3H3,(H2,18,24). The number of aromatic nitrogens is 4. The molecule has 7 nitrogen and oxygen atoms in total. The average Bonchev–Trinajstić information content (AvgIpc) is 3.05. The summed E-state index contributed by atoms with van der Waals surface area (Å²) in [6.07, 6.45) is 0. The molecule has 124 valence electrons. The number of nitrogens with one attached hydrogen (secondary N) is 1. The molecule has 3 heterocycles. The predicted octanol–water partition coefficient (Wildman–Crippen LogP) is 1.26. The van der Waals surface area contributed by atoms with E-state index in [9.17, 15) is 4.79 Å². The number of rotatable bonds is 2. The van der Waals surface area contributed by atoms with Crippen LogP contribution >= 0.6 is 0 Å². The van der Waals surface area contributed by atoms with Crippen LogP contribution in [0.2, 0.25) is 0 Å². The summed E-state index contributed by atoms with van der Waals surface area (Å²) in [5.41, 5.74) is 11.8. The highest BCUT2D eigenvalue weighted by molar-refractivity contribution is 6.01. The quantitative estimate of drug-likeness (QED) is 0.742. The van der Waals surface area contributed by atoms with Crippen molar-refractivity contribution >= 4 is 16.8 Å². The highest BCUT2D eigenvalue weighted by Gasteiger charge is 2.25. The van der Waals surface area contributed by atoms with Crippen molar-refractivity contribution in [1.29, 1.82) is 0 Å². The van der Waals surface area contributed by atoms with Crippen molar-refractivity contribution in [2.45, 2.75) is 26.9 Å². The number of benzene rings is 1. The number of carbonyl (C=O) groups excluding carboxylic acids is 1. The number of primary amides is 1. The van der Waals surface area contributed by atoms with Crippen molar-refractivity contribution in [3.05, 3.63) is 34.6 Å². The molecule has 0 fully saturated rings. The van der Waals surface area contributed by atoms with Gasteiger partial charge < -0.3 is 11.1 Å². The number of hydrogen-bond acceptors (Lipinski definition) is 4. The summed E-state index contributed by atoms with van der Waals surface area (Å²) >= 11 is 0. The van der Waals surface area contributed by atoms with Gasteiger partial charge in [0.2, 0.25) is 0 Å². The Labute approximate surface area is 139 Å². The van der Waals surface area contributed by atoms with Crippen molar-refractivity contribution in [2.75, 3.05) is 6.54 Å². The molecule has 0 spiro atoms. The van der Waals surface area contributed by atoms with Gasteiger partial charge in [0.05, 0.1) is 29.0 Å². The Balaban J connectivity index is 2.00. The first-order chi connectivity index (χ1) is 11.5. The molecular weight excluding hydrogens is 304 g/mol. The summed E-state index contributed by atoms with van der Waals surface area (Å²) in [5, 5.41) is 13.5. The third-order valence-electron chi connectivity index (χ3n) is 4.68. The van der Waals surface area contributed by atoms with E-state index in [1.54, 1.807) is 0 Å². The van der Waals surface area contributed by atoms with E-state index in [4.69, 9.17) is 5.73 Å². The molecule has 3 aromatic rings. The fraction of sp³-hybridized carbons (Fsp3) is 0.353. The minimum Gasteiger partial charge on any atom is -0.365 e. The van der Waals surface area contributed by atoms with Gasteiger partial charge in [-0.05, 0) is 31.5 Å². The fourth-order valence-electron chi connectivity index (χ4n) is 3.66. The monoisotopic (exact) mass is 324 g/mol. The molecule has 1 amide bonds. The van der Waals surface area contributed by atoms with E-state index in [-0.39, 0.29) is 0 Å². The number of nitrogens with zero attached hydrogens (tertiary/aromatic N) is 4. The van der Waals surface area contributed by atoms with Crippen LogP contribution in [0.5, 0.6) is 0 Å². The van der Waals surface area contributed by atoms with Crippen LogP contribution in [-0.2, 0) is 20.1 Å². The maximum atomic E-state index is 12.1. The van der Waals surface area contributed by atoms with Gasteiger partial charge in [-0.3, -0.25) is 14.2 Å². The summed E-state index contributed by atoms with van der Waals surface area (Å²) in [6, 6.07) is 4.11. The minimum absolute atomic E-state index is 0.435. The Hall–Kier alpha value is -2.67. The Kier molecular flexibility index (Phi) is 3.21. The molecule has 3 N–H and O–H groups in total. The maximum absolute atomic E-state index is 12.1. The summed E-state index contributed by atoms with van der Waals surface area (Å²) in [4.78, 5) is 12.1. The first-order valence-electron chi connectivity index (χ1n) is 8.02. The Morgan fingerprint density at radius 2 is 2.08 bits per heavy atom.